The van der Waals surface area contributed by atoms with Gasteiger partial charge in [-0.25, -0.2) is 8.42 Å². The SMILES string of the molecule is Cc1ccc(S(=O)(=O)C2(C(=O)NNC(=O)c3ccoc3)CCC2)cc1. The molecule has 0 atom stereocenters. The number of hydrogen-bond acceptors (Lipinski definition) is 5. The van der Waals surface area contributed by atoms with E-state index < -0.39 is 26.4 Å². The van der Waals surface area contributed by atoms with Crippen LogP contribution in [0.2, 0.25) is 0 Å². The Morgan fingerprint density at radius 1 is 1.08 bits per heavy atom. The molecule has 2 amide bonds. The van der Waals surface area contributed by atoms with Crippen LogP contribution in [0.25, 0.3) is 0 Å². The quantitative estimate of drug-likeness (QED) is 0.806. The van der Waals surface area contributed by atoms with E-state index >= 15 is 0 Å². The minimum atomic E-state index is -3.86. The summed E-state index contributed by atoms with van der Waals surface area (Å²) in [5, 5.41) is 0. The first-order valence-corrected chi connectivity index (χ1v) is 9.29. The Labute approximate surface area is 145 Å². The Morgan fingerprint density at radius 2 is 1.76 bits per heavy atom. The van der Waals surface area contributed by atoms with Crippen LogP contribution in [0.1, 0.15) is 35.2 Å². The predicted molar refractivity (Wildman–Crippen MR) is 89.3 cm³/mol. The second-order valence-corrected chi connectivity index (χ2v) is 8.34. The van der Waals surface area contributed by atoms with E-state index in [1.54, 1.807) is 12.1 Å². The third-order valence-corrected chi connectivity index (χ3v) is 7.01. The van der Waals surface area contributed by atoms with Gasteiger partial charge in [0.1, 0.15) is 6.26 Å². The Bertz CT molecular complexity index is 882. The highest BCUT2D eigenvalue weighted by atomic mass is 32.2. The molecule has 0 saturated heterocycles. The number of sulfone groups is 1. The van der Waals surface area contributed by atoms with Crippen LogP contribution < -0.4 is 10.9 Å². The summed E-state index contributed by atoms with van der Waals surface area (Å²) in [6, 6.07) is 7.82. The Kier molecular flexibility index (Phi) is 4.38. The average molecular weight is 362 g/mol. The molecule has 8 heteroatoms. The number of hydrogen-bond donors (Lipinski definition) is 2. The van der Waals surface area contributed by atoms with Crippen molar-refractivity contribution < 1.29 is 22.4 Å². The molecule has 2 N–H and O–H groups in total. The lowest BCUT2D eigenvalue weighted by Gasteiger charge is -2.39. The van der Waals surface area contributed by atoms with Crippen LogP contribution in [0.15, 0.2) is 52.2 Å². The molecule has 1 aliphatic carbocycles. The van der Waals surface area contributed by atoms with E-state index in [0.717, 1.165) is 5.56 Å². The maximum Gasteiger partial charge on any atom is 0.272 e. The number of benzene rings is 1. The highest BCUT2D eigenvalue weighted by Gasteiger charge is 2.55. The normalized spacial score (nSPS) is 15.9. The first kappa shape index (κ1) is 17.2. The minimum Gasteiger partial charge on any atom is -0.472 e. The lowest BCUT2D eigenvalue weighted by Crippen LogP contribution is -2.60. The molecule has 0 spiro atoms. The lowest BCUT2D eigenvalue weighted by atomic mass is 9.83. The van der Waals surface area contributed by atoms with Gasteiger partial charge >= 0.3 is 0 Å². The zero-order chi connectivity index (χ0) is 18.1. The van der Waals surface area contributed by atoms with Gasteiger partial charge in [-0.1, -0.05) is 17.7 Å². The number of nitrogens with one attached hydrogen (secondary N) is 2. The third-order valence-electron chi connectivity index (χ3n) is 4.49. The summed E-state index contributed by atoms with van der Waals surface area (Å²) >= 11 is 0. The molecule has 25 heavy (non-hydrogen) atoms. The molecule has 1 heterocycles. The second-order valence-electron chi connectivity index (χ2n) is 6.08. The Hall–Kier alpha value is -2.61. The van der Waals surface area contributed by atoms with Gasteiger partial charge in [-0.3, -0.25) is 20.4 Å². The Morgan fingerprint density at radius 3 is 2.28 bits per heavy atom. The second kappa shape index (κ2) is 6.36. The first-order chi connectivity index (χ1) is 11.9. The summed E-state index contributed by atoms with van der Waals surface area (Å²) in [5.41, 5.74) is 5.63. The predicted octanol–water partition coefficient (Wildman–Crippen LogP) is 1.75. The van der Waals surface area contributed by atoms with Crippen molar-refractivity contribution in [3.05, 3.63) is 54.0 Å². The van der Waals surface area contributed by atoms with Crippen LogP contribution >= 0.6 is 0 Å². The van der Waals surface area contributed by atoms with E-state index in [1.165, 1.54) is 30.7 Å². The molecule has 2 aromatic rings. The van der Waals surface area contributed by atoms with Crippen LogP contribution in [0, 0.1) is 6.92 Å². The van der Waals surface area contributed by atoms with Gasteiger partial charge in [0.25, 0.3) is 11.8 Å². The van der Waals surface area contributed by atoms with E-state index in [4.69, 9.17) is 4.42 Å². The van der Waals surface area contributed by atoms with Gasteiger partial charge in [0.05, 0.1) is 16.7 Å². The van der Waals surface area contributed by atoms with Crippen LogP contribution in [0.4, 0.5) is 0 Å². The number of aryl methyl sites for hydroxylation is 1. The van der Waals surface area contributed by atoms with Crippen molar-refractivity contribution in [2.75, 3.05) is 0 Å². The average Bonchev–Trinajstić information content (AvgIpc) is 3.06. The van der Waals surface area contributed by atoms with Crippen LogP contribution in [0.5, 0.6) is 0 Å². The van der Waals surface area contributed by atoms with E-state index in [-0.39, 0.29) is 23.3 Å². The van der Waals surface area contributed by atoms with Gasteiger partial charge in [0.2, 0.25) is 0 Å². The van der Waals surface area contributed by atoms with Gasteiger partial charge in [0, 0.05) is 0 Å². The van der Waals surface area contributed by atoms with E-state index in [9.17, 15) is 18.0 Å². The van der Waals surface area contributed by atoms with Crippen molar-refractivity contribution >= 4 is 21.7 Å². The summed E-state index contributed by atoms with van der Waals surface area (Å²) in [6.07, 6.45) is 3.62. The molecule has 1 fully saturated rings. The van der Waals surface area contributed by atoms with Crippen LogP contribution in [-0.2, 0) is 14.6 Å². The smallest absolute Gasteiger partial charge is 0.272 e. The highest BCUT2D eigenvalue weighted by molar-refractivity contribution is 7.93. The van der Waals surface area contributed by atoms with Crippen molar-refractivity contribution in [2.45, 2.75) is 35.8 Å². The number of carbonyl (C=O) groups excluding carboxylic acids is 2. The largest absolute Gasteiger partial charge is 0.472 e. The molecule has 0 bridgehead atoms. The zero-order valence-electron chi connectivity index (χ0n) is 13.6. The summed E-state index contributed by atoms with van der Waals surface area (Å²) in [7, 11) is -3.86. The fourth-order valence-electron chi connectivity index (χ4n) is 2.75. The summed E-state index contributed by atoms with van der Waals surface area (Å²) in [6.45, 7) is 1.85. The maximum atomic E-state index is 13.0. The maximum absolute atomic E-state index is 13.0. The standard InChI is InChI=1S/C17H18N2O5S/c1-12-3-5-14(6-4-12)25(22,23)17(8-2-9-17)16(21)19-18-15(20)13-7-10-24-11-13/h3-7,10-11H,2,8-9H2,1H3,(H,18,20)(H,19,21). The van der Waals surface area contributed by atoms with E-state index in [1.807, 2.05) is 6.92 Å². The monoisotopic (exact) mass is 362 g/mol. The number of amides is 2. The molecule has 0 aliphatic heterocycles. The number of furan rings is 1. The summed E-state index contributed by atoms with van der Waals surface area (Å²) in [4.78, 5) is 24.6. The topological polar surface area (TPSA) is 105 Å². The van der Waals surface area contributed by atoms with Crippen molar-refractivity contribution in [1.29, 1.82) is 0 Å². The van der Waals surface area contributed by atoms with Crippen molar-refractivity contribution in [1.82, 2.24) is 10.9 Å². The van der Waals surface area contributed by atoms with E-state index in [2.05, 4.69) is 10.9 Å². The van der Waals surface area contributed by atoms with Gasteiger partial charge in [-0.05, 0) is 44.4 Å². The molecule has 7 nitrogen and oxygen atoms in total. The molecule has 0 unspecified atom stereocenters. The highest BCUT2D eigenvalue weighted by Crippen LogP contribution is 2.43. The van der Waals surface area contributed by atoms with Crippen molar-refractivity contribution in [3.63, 3.8) is 0 Å². The summed E-state index contributed by atoms with van der Waals surface area (Å²) < 4.78 is 29.2. The van der Waals surface area contributed by atoms with Crippen LogP contribution in [0.3, 0.4) is 0 Å². The molecule has 1 aromatic heterocycles. The van der Waals surface area contributed by atoms with Gasteiger partial charge < -0.3 is 4.42 Å². The molecular weight excluding hydrogens is 344 g/mol. The fourth-order valence-corrected chi connectivity index (χ4v) is 4.82. The van der Waals surface area contributed by atoms with Crippen LogP contribution in [-0.4, -0.2) is 25.0 Å². The third kappa shape index (κ3) is 2.93. The molecule has 1 saturated carbocycles. The molecule has 1 aliphatic rings. The van der Waals surface area contributed by atoms with Crippen molar-refractivity contribution in [3.8, 4) is 0 Å². The van der Waals surface area contributed by atoms with Gasteiger partial charge in [-0.15, -0.1) is 0 Å². The molecule has 3 rings (SSSR count). The minimum absolute atomic E-state index is 0.106. The Balaban J connectivity index is 1.79. The van der Waals surface area contributed by atoms with E-state index in [0.29, 0.717) is 6.42 Å². The fraction of sp³-hybridized carbons (Fsp3) is 0.294. The number of rotatable bonds is 4. The molecule has 132 valence electrons. The van der Waals surface area contributed by atoms with Gasteiger partial charge in [-0.2, -0.15) is 0 Å². The molecule has 1 aromatic carbocycles. The first-order valence-electron chi connectivity index (χ1n) is 7.81. The molecule has 0 radical (unpaired) electrons. The number of carbonyl (C=O) groups is 2. The molecular formula is C17H18N2O5S. The van der Waals surface area contributed by atoms with Gasteiger partial charge in [0.15, 0.2) is 14.6 Å². The lowest BCUT2D eigenvalue weighted by molar-refractivity contribution is -0.126. The van der Waals surface area contributed by atoms with Crippen molar-refractivity contribution in [2.24, 2.45) is 0 Å². The summed E-state index contributed by atoms with van der Waals surface area (Å²) in [5.74, 6) is -1.31. The number of hydrazine groups is 1. The zero-order valence-corrected chi connectivity index (χ0v) is 14.4.